The molecular weight excluding hydrogens is 266 g/mol. The maximum Gasteiger partial charge on any atom is 0.233 e. The summed E-state index contributed by atoms with van der Waals surface area (Å²) in [6.07, 6.45) is 5.27. The van der Waals surface area contributed by atoms with Gasteiger partial charge in [-0.15, -0.1) is 0 Å². The van der Waals surface area contributed by atoms with E-state index in [2.05, 4.69) is 19.7 Å². The highest BCUT2D eigenvalue weighted by Crippen LogP contribution is 2.12. The van der Waals surface area contributed by atoms with Crippen molar-refractivity contribution in [1.29, 1.82) is 0 Å². The molecule has 2 rings (SSSR count). The summed E-state index contributed by atoms with van der Waals surface area (Å²) in [6.45, 7) is 3.64. The fraction of sp³-hybridized carbons (Fsp3) is 0.364. The number of anilines is 1. The van der Waals surface area contributed by atoms with Gasteiger partial charge in [0.2, 0.25) is 10.0 Å². The van der Waals surface area contributed by atoms with E-state index in [9.17, 15) is 8.42 Å². The normalized spacial score (nSPS) is 11.5. The molecule has 0 saturated carbocycles. The molecule has 8 heteroatoms. The standard InChI is InChI=1S/C11H15N5O2S/c1-3-6-19(17,18)15-10-7-11(14-8-13-10)16-5-4-12-9(16)2/h4-5,7-8H,3,6H2,1-2H3,(H,13,14,15). The molecule has 0 aromatic carbocycles. The number of sulfonamides is 1. The molecule has 0 atom stereocenters. The van der Waals surface area contributed by atoms with Crippen LogP contribution >= 0.6 is 0 Å². The van der Waals surface area contributed by atoms with Crippen LogP contribution in [0.5, 0.6) is 0 Å². The van der Waals surface area contributed by atoms with Crippen molar-refractivity contribution in [3.05, 3.63) is 30.6 Å². The third kappa shape index (κ3) is 3.28. The van der Waals surface area contributed by atoms with Crippen LogP contribution in [-0.4, -0.2) is 33.7 Å². The van der Waals surface area contributed by atoms with Crippen molar-refractivity contribution in [1.82, 2.24) is 19.5 Å². The summed E-state index contributed by atoms with van der Waals surface area (Å²) in [5.41, 5.74) is 0. The molecule has 0 spiro atoms. The maximum absolute atomic E-state index is 11.7. The van der Waals surface area contributed by atoms with Crippen LogP contribution in [0.2, 0.25) is 0 Å². The fourth-order valence-electron chi connectivity index (χ4n) is 1.63. The molecule has 0 aliphatic carbocycles. The molecule has 19 heavy (non-hydrogen) atoms. The van der Waals surface area contributed by atoms with Crippen molar-refractivity contribution in [2.75, 3.05) is 10.5 Å². The molecule has 0 aliphatic rings. The lowest BCUT2D eigenvalue weighted by Crippen LogP contribution is -2.17. The quantitative estimate of drug-likeness (QED) is 0.887. The average molecular weight is 281 g/mol. The minimum Gasteiger partial charge on any atom is -0.288 e. The number of rotatable bonds is 5. The SMILES string of the molecule is CCCS(=O)(=O)Nc1cc(-n2ccnc2C)ncn1. The van der Waals surface area contributed by atoms with Gasteiger partial charge in [-0.2, -0.15) is 0 Å². The van der Waals surface area contributed by atoms with Gasteiger partial charge < -0.3 is 0 Å². The van der Waals surface area contributed by atoms with Crippen LogP contribution < -0.4 is 4.72 Å². The van der Waals surface area contributed by atoms with E-state index in [1.165, 1.54) is 6.33 Å². The third-order valence-corrected chi connectivity index (χ3v) is 3.92. The first-order valence-corrected chi connectivity index (χ1v) is 7.50. The Kier molecular flexibility index (Phi) is 3.79. The first kappa shape index (κ1) is 13.5. The fourth-order valence-corrected chi connectivity index (χ4v) is 2.70. The Hall–Kier alpha value is -1.96. The Morgan fingerprint density at radius 2 is 2.11 bits per heavy atom. The van der Waals surface area contributed by atoms with E-state index >= 15 is 0 Å². The van der Waals surface area contributed by atoms with E-state index in [0.29, 0.717) is 12.2 Å². The van der Waals surface area contributed by atoms with Crippen molar-refractivity contribution in [2.45, 2.75) is 20.3 Å². The summed E-state index contributed by atoms with van der Waals surface area (Å²) in [5, 5.41) is 0. The van der Waals surface area contributed by atoms with E-state index in [-0.39, 0.29) is 11.6 Å². The number of aryl methyl sites for hydroxylation is 1. The van der Waals surface area contributed by atoms with Gasteiger partial charge in [0.25, 0.3) is 0 Å². The summed E-state index contributed by atoms with van der Waals surface area (Å²) in [5.74, 6) is 1.66. The predicted molar refractivity (Wildman–Crippen MR) is 71.6 cm³/mol. The van der Waals surface area contributed by atoms with Crippen LogP contribution in [0.1, 0.15) is 19.2 Å². The van der Waals surface area contributed by atoms with Crippen LogP contribution in [-0.2, 0) is 10.0 Å². The lowest BCUT2D eigenvalue weighted by molar-refractivity contribution is 0.599. The molecule has 1 N–H and O–H groups in total. The molecule has 2 heterocycles. The van der Waals surface area contributed by atoms with E-state index in [1.54, 1.807) is 30.0 Å². The zero-order chi connectivity index (χ0) is 13.9. The van der Waals surface area contributed by atoms with E-state index in [0.717, 1.165) is 5.82 Å². The highest BCUT2D eigenvalue weighted by Gasteiger charge is 2.11. The number of nitrogens with zero attached hydrogens (tertiary/aromatic N) is 4. The molecule has 7 nitrogen and oxygen atoms in total. The van der Waals surface area contributed by atoms with Gasteiger partial charge in [0.1, 0.15) is 23.8 Å². The lowest BCUT2D eigenvalue weighted by atomic mass is 10.5. The molecule has 0 amide bonds. The molecule has 2 aromatic heterocycles. The molecular formula is C11H15N5O2S. The molecule has 0 saturated heterocycles. The monoisotopic (exact) mass is 281 g/mol. The van der Waals surface area contributed by atoms with Crippen LogP contribution in [0.3, 0.4) is 0 Å². The van der Waals surface area contributed by atoms with Crippen molar-refractivity contribution in [3.8, 4) is 5.82 Å². The molecule has 0 fully saturated rings. The highest BCUT2D eigenvalue weighted by molar-refractivity contribution is 7.92. The molecule has 102 valence electrons. The Bertz CT molecular complexity index is 665. The van der Waals surface area contributed by atoms with E-state index < -0.39 is 10.0 Å². The number of hydrogen-bond acceptors (Lipinski definition) is 5. The number of imidazole rings is 1. The minimum atomic E-state index is -3.35. The maximum atomic E-state index is 11.7. The van der Waals surface area contributed by atoms with Crippen molar-refractivity contribution in [3.63, 3.8) is 0 Å². The van der Waals surface area contributed by atoms with Crippen molar-refractivity contribution >= 4 is 15.8 Å². The van der Waals surface area contributed by atoms with Crippen LogP contribution in [0.15, 0.2) is 24.8 Å². The van der Waals surface area contributed by atoms with E-state index in [4.69, 9.17) is 0 Å². The smallest absolute Gasteiger partial charge is 0.233 e. The zero-order valence-corrected chi connectivity index (χ0v) is 11.6. The Labute approximate surface area is 111 Å². The number of nitrogens with one attached hydrogen (secondary N) is 1. The van der Waals surface area contributed by atoms with Crippen LogP contribution in [0.4, 0.5) is 5.82 Å². The predicted octanol–water partition coefficient (Wildman–Crippen LogP) is 1.12. The number of hydrogen-bond donors (Lipinski definition) is 1. The van der Waals surface area contributed by atoms with Crippen LogP contribution in [0, 0.1) is 6.92 Å². The highest BCUT2D eigenvalue weighted by atomic mass is 32.2. The van der Waals surface area contributed by atoms with Gasteiger partial charge in [-0.05, 0) is 13.3 Å². The molecule has 0 unspecified atom stereocenters. The first-order chi connectivity index (χ1) is 9.02. The van der Waals surface area contributed by atoms with Gasteiger partial charge >= 0.3 is 0 Å². The van der Waals surface area contributed by atoms with Gasteiger partial charge in [0, 0.05) is 18.5 Å². The summed E-state index contributed by atoms with van der Waals surface area (Å²) < 4.78 is 27.5. The average Bonchev–Trinajstić information content (AvgIpc) is 2.75. The number of aromatic nitrogens is 4. The van der Waals surface area contributed by atoms with Crippen molar-refractivity contribution in [2.24, 2.45) is 0 Å². The zero-order valence-electron chi connectivity index (χ0n) is 10.7. The molecule has 0 radical (unpaired) electrons. The van der Waals surface area contributed by atoms with Crippen molar-refractivity contribution < 1.29 is 8.42 Å². The second-order valence-corrected chi connectivity index (χ2v) is 5.87. The summed E-state index contributed by atoms with van der Waals surface area (Å²) in [7, 11) is -3.35. The Morgan fingerprint density at radius 3 is 2.74 bits per heavy atom. The Morgan fingerprint density at radius 1 is 1.32 bits per heavy atom. The van der Waals surface area contributed by atoms with Crippen LogP contribution in [0.25, 0.3) is 5.82 Å². The van der Waals surface area contributed by atoms with Gasteiger partial charge in [0.05, 0.1) is 5.75 Å². The van der Waals surface area contributed by atoms with Gasteiger partial charge in [-0.25, -0.2) is 23.4 Å². The van der Waals surface area contributed by atoms with Gasteiger partial charge in [-0.3, -0.25) is 9.29 Å². The van der Waals surface area contributed by atoms with Gasteiger partial charge in [0.15, 0.2) is 0 Å². The first-order valence-electron chi connectivity index (χ1n) is 5.84. The molecule has 2 aromatic rings. The third-order valence-electron chi connectivity index (χ3n) is 2.46. The topological polar surface area (TPSA) is 89.8 Å². The Balaban J connectivity index is 2.28. The molecule has 0 bridgehead atoms. The largest absolute Gasteiger partial charge is 0.288 e. The second kappa shape index (κ2) is 5.35. The van der Waals surface area contributed by atoms with Gasteiger partial charge in [-0.1, -0.05) is 6.92 Å². The summed E-state index contributed by atoms with van der Waals surface area (Å²) in [4.78, 5) is 12.1. The summed E-state index contributed by atoms with van der Waals surface area (Å²) in [6, 6.07) is 1.57. The lowest BCUT2D eigenvalue weighted by Gasteiger charge is -2.08. The second-order valence-electron chi connectivity index (χ2n) is 4.03. The molecule has 0 aliphatic heterocycles. The summed E-state index contributed by atoms with van der Waals surface area (Å²) >= 11 is 0. The minimum absolute atomic E-state index is 0.0659. The van der Waals surface area contributed by atoms with E-state index in [1.807, 2.05) is 6.92 Å².